The van der Waals surface area contributed by atoms with Crippen LogP contribution in [0.15, 0.2) is 48.5 Å². The maximum atomic E-state index is 12.6. The molecular formula is C24H32N2O3. The lowest BCUT2D eigenvalue weighted by Crippen LogP contribution is -2.47. The van der Waals surface area contributed by atoms with Gasteiger partial charge in [-0.1, -0.05) is 31.2 Å². The quantitative estimate of drug-likeness (QED) is 0.672. The van der Waals surface area contributed by atoms with Crippen molar-refractivity contribution in [2.75, 3.05) is 38.8 Å². The third kappa shape index (κ3) is 5.30. The second kappa shape index (κ2) is 10.3. The molecule has 0 aromatic heterocycles. The molecule has 0 spiro atoms. The molecule has 0 saturated carbocycles. The molecular weight excluding hydrogens is 364 g/mol. The van der Waals surface area contributed by atoms with Gasteiger partial charge in [-0.05, 0) is 49.1 Å². The lowest BCUT2D eigenvalue weighted by molar-refractivity contribution is -0.119. The van der Waals surface area contributed by atoms with Crippen LogP contribution in [0.3, 0.4) is 0 Å². The number of anilines is 1. The lowest BCUT2D eigenvalue weighted by atomic mass is 10.0. The second-order valence-electron chi connectivity index (χ2n) is 7.46. The number of nitrogens with zero attached hydrogens (tertiary/aromatic N) is 2. The van der Waals surface area contributed by atoms with Crippen molar-refractivity contribution in [3.8, 4) is 11.5 Å². The van der Waals surface area contributed by atoms with Gasteiger partial charge in [0.2, 0.25) is 5.91 Å². The first-order valence-corrected chi connectivity index (χ1v) is 10.5. The van der Waals surface area contributed by atoms with E-state index in [9.17, 15) is 4.79 Å². The molecule has 0 aliphatic carbocycles. The van der Waals surface area contributed by atoms with E-state index in [1.54, 1.807) is 14.2 Å². The fourth-order valence-electron chi connectivity index (χ4n) is 4.04. The highest BCUT2D eigenvalue weighted by atomic mass is 16.5. The first kappa shape index (κ1) is 21.2. The summed E-state index contributed by atoms with van der Waals surface area (Å²) in [5, 5.41) is 0. The Morgan fingerprint density at radius 1 is 1.03 bits per heavy atom. The number of carbonyl (C=O) groups is 1. The molecule has 5 nitrogen and oxygen atoms in total. The number of rotatable bonds is 8. The molecule has 0 bridgehead atoms. The predicted octanol–water partition coefficient (Wildman–Crippen LogP) is 4.15. The number of carbonyl (C=O) groups excluding carboxylic acids is 1. The van der Waals surface area contributed by atoms with E-state index in [1.807, 2.05) is 48.2 Å². The number of ether oxygens (including phenoxy) is 2. The highest BCUT2D eigenvalue weighted by Crippen LogP contribution is 2.28. The summed E-state index contributed by atoms with van der Waals surface area (Å²) in [6, 6.07) is 16.5. The summed E-state index contributed by atoms with van der Waals surface area (Å²) < 4.78 is 10.7. The summed E-state index contributed by atoms with van der Waals surface area (Å²) >= 11 is 0. The fraction of sp³-hybridized carbons (Fsp3) is 0.458. The van der Waals surface area contributed by atoms with Crippen LogP contribution in [0.4, 0.5) is 5.69 Å². The Hall–Kier alpha value is -2.53. The summed E-state index contributed by atoms with van der Waals surface area (Å²) in [7, 11) is 3.33. The van der Waals surface area contributed by atoms with Crippen molar-refractivity contribution in [1.29, 1.82) is 0 Å². The molecule has 2 aromatic carbocycles. The summed E-state index contributed by atoms with van der Waals surface area (Å²) in [5.74, 6) is 1.75. The van der Waals surface area contributed by atoms with Crippen LogP contribution in [-0.4, -0.2) is 50.7 Å². The number of hydrogen-bond acceptors (Lipinski definition) is 4. The van der Waals surface area contributed by atoms with Gasteiger partial charge in [0.05, 0.1) is 14.2 Å². The standard InChI is InChI=1S/C24H32N2O3/c1-4-24(27)26(20-8-6-5-7-9-20)21-13-16-25(17-14-21)15-12-19-10-11-22(28-2)23(18-19)29-3/h5-11,18,21H,4,12-17H2,1-3H3. The minimum Gasteiger partial charge on any atom is -0.493 e. The van der Waals surface area contributed by atoms with Gasteiger partial charge in [0.1, 0.15) is 0 Å². The Kier molecular flexibility index (Phi) is 7.53. The zero-order valence-electron chi connectivity index (χ0n) is 17.8. The number of hydrogen-bond donors (Lipinski definition) is 0. The molecule has 0 atom stereocenters. The molecule has 0 unspecified atom stereocenters. The molecule has 1 saturated heterocycles. The number of likely N-dealkylation sites (tertiary alicyclic amines) is 1. The fourth-order valence-corrected chi connectivity index (χ4v) is 4.04. The number of piperidine rings is 1. The Labute approximate surface area is 174 Å². The van der Waals surface area contributed by atoms with E-state index in [0.717, 1.165) is 56.1 Å². The Bertz CT molecular complexity index is 786. The van der Waals surface area contributed by atoms with Gasteiger partial charge in [-0.15, -0.1) is 0 Å². The van der Waals surface area contributed by atoms with E-state index in [1.165, 1.54) is 5.56 Å². The zero-order chi connectivity index (χ0) is 20.6. The van der Waals surface area contributed by atoms with Gasteiger partial charge in [0.15, 0.2) is 11.5 Å². The van der Waals surface area contributed by atoms with Gasteiger partial charge in [0, 0.05) is 37.8 Å². The van der Waals surface area contributed by atoms with Crippen LogP contribution in [0.2, 0.25) is 0 Å². The van der Waals surface area contributed by atoms with Gasteiger partial charge in [0.25, 0.3) is 0 Å². The largest absolute Gasteiger partial charge is 0.493 e. The van der Waals surface area contributed by atoms with Crippen molar-refractivity contribution in [3.05, 3.63) is 54.1 Å². The molecule has 2 aromatic rings. The minimum absolute atomic E-state index is 0.208. The highest BCUT2D eigenvalue weighted by molar-refractivity contribution is 5.93. The molecule has 3 rings (SSSR count). The lowest BCUT2D eigenvalue weighted by Gasteiger charge is -2.38. The molecule has 1 aliphatic rings. The van der Waals surface area contributed by atoms with E-state index >= 15 is 0 Å². The van der Waals surface area contributed by atoms with Crippen LogP contribution < -0.4 is 14.4 Å². The van der Waals surface area contributed by atoms with Crippen molar-refractivity contribution in [1.82, 2.24) is 4.90 Å². The minimum atomic E-state index is 0.208. The Morgan fingerprint density at radius 2 is 1.72 bits per heavy atom. The van der Waals surface area contributed by atoms with Crippen molar-refractivity contribution >= 4 is 11.6 Å². The van der Waals surface area contributed by atoms with Crippen molar-refractivity contribution in [2.45, 2.75) is 38.6 Å². The summed E-state index contributed by atoms with van der Waals surface area (Å²) in [6.45, 7) is 4.97. The maximum absolute atomic E-state index is 12.6. The molecule has 0 N–H and O–H groups in total. The molecule has 1 aliphatic heterocycles. The molecule has 0 radical (unpaired) electrons. The SMILES string of the molecule is CCC(=O)N(c1ccccc1)C1CCN(CCc2ccc(OC)c(OC)c2)CC1. The summed E-state index contributed by atoms with van der Waals surface area (Å²) in [6.07, 6.45) is 3.52. The van der Waals surface area contributed by atoms with E-state index < -0.39 is 0 Å². The van der Waals surface area contributed by atoms with Crippen LogP contribution in [-0.2, 0) is 11.2 Å². The van der Waals surface area contributed by atoms with Crippen molar-refractivity contribution in [2.24, 2.45) is 0 Å². The Morgan fingerprint density at radius 3 is 2.34 bits per heavy atom. The smallest absolute Gasteiger partial charge is 0.226 e. The van der Waals surface area contributed by atoms with E-state index in [4.69, 9.17) is 9.47 Å². The molecule has 1 heterocycles. The van der Waals surface area contributed by atoms with Gasteiger partial charge >= 0.3 is 0 Å². The van der Waals surface area contributed by atoms with Crippen LogP contribution in [0.5, 0.6) is 11.5 Å². The summed E-state index contributed by atoms with van der Waals surface area (Å²) in [5.41, 5.74) is 2.26. The van der Waals surface area contributed by atoms with Crippen LogP contribution in [0.1, 0.15) is 31.7 Å². The second-order valence-corrected chi connectivity index (χ2v) is 7.46. The van der Waals surface area contributed by atoms with Gasteiger partial charge in [-0.25, -0.2) is 0 Å². The van der Waals surface area contributed by atoms with Gasteiger partial charge in [-0.3, -0.25) is 4.79 Å². The first-order chi connectivity index (χ1) is 14.2. The van der Waals surface area contributed by atoms with Gasteiger partial charge in [-0.2, -0.15) is 0 Å². The zero-order valence-corrected chi connectivity index (χ0v) is 17.8. The van der Waals surface area contributed by atoms with E-state index in [-0.39, 0.29) is 11.9 Å². The monoisotopic (exact) mass is 396 g/mol. The highest BCUT2D eigenvalue weighted by Gasteiger charge is 2.28. The maximum Gasteiger partial charge on any atom is 0.226 e. The normalized spacial score (nSPS) is 15.1. The Balaban J connectivity index is 1.56. The molecule has 156 valence electrons. The number of benzene rings is 2. The topological polar surface area (TPSA) is 42.0 Å². The van der Waals surface area contributed by atoms with Crippen molar-refractivity contribution in [3.63, 3.8) is 0 Å². The number of para-hydroxylation sites is 1. The molecule has 1 fully saturated rings. The molecule has 5 heteroatoms. The van der Waals surface area contributed by atoms with E-state index in [2.05, 4.69) is 17.0 Å². The van der Waals surface area contributed by atoms with Crippen LogP contribution in [0.25, 0.3) is 0 Å². The van der Waals surface area contributed by atoms with E-state index in [0.29, 0.717) is 6.42 Å². The summed E-state index contributed by atoms with van der Waals surface area (Å²) in [4.78, 5) is 17.1. The number of methoxy groups -OCH3 is 2. The number of amides is 1. The van der Waals surface area contributed by atoms with Crippen LogP contribution in [0, 0.1) is 0 Å². The average Bonchev–Trinajstić information content (AvgIpc) is 2.79. The van der Waals surface area contributed by atoms with Crippen LogP contribution >= 0.6 is 0 Å². The average molecular weight is 397 g/mol. The third-order valence-electron chi connectivity index (χ3n) is 5.69. The van der Waals surface area contributed by atoms with Gasteiger partial charge < -0.3 is 19.3 Å². The molecule has 1 amide bonds. The van der Waals surface area contributed by atoms with Crippen molar-refractivity contribution < 1.29 is 14.3 Å². The predicted molar refractivity (Wildman–Crippen MR) is 117 cm³/mol. The molecule has 29 heavy (non-hydrogen) atoms. The third-order valence-corrected chi connectivity index (χ3v) is 5.69. The first-order valence-electron chi connectivity index (χ1n) is 10.5.